The Labute approximate surface area is 90.9 Å². The number of rotatable bonds is 4. The fraction of sp³-hybridized carbons (Fsp3) is 0.636. The van der Waals surface area contributed by atoms with Crippen LogP contribution in [0.4, 0.5) is 0 Å². The molecule has 0 aliphatic rings. The molecule has 0 saturated carbocycles. The average molecular weight is 208 g/mol. The van der Waals surface area contributed by atoms with Crippen molar-refractivity contribution >= 4 is 5.91 Å². The SMILES string of the molecule is CC(C)N(C(=O)Cn1c[c]nc1)C(C)C. The molecule has 0 atom stereocenters. The summed E-state index contributed by atoms with van der Waals surface area (Å²) in [5, 5.41) is 0. The van der Waals surface area contributed by atoms with Crippen LogP contribution >= 0.6 is 0 Å². The summed E-state index contributed by atoms with van der Waals surface area (Å²) < 4.78 is 1.74. The number of amides is 1. The zero-order valence-corrected chi connectivity index (χ0v) is 9.77. The summed E-state index contributed by atoms with van der Waals surface area (Å²) in [6.45, 7) is 8.44. The standard InChI is InChI=1S/C11H18N3O/c1-9(2)14(10(3)4)11(15)7-13-6-5-12-8-13/h6,8-10H,7H2,1-4H3. The molecule has 0 aromatic carbocycles. The van der Waals surface area contributed by atoms with Gasteiger partial charge in [-0.1, -0.05) is 0 Å². The molecule has 0 fully saturated rings. The van der Waals surface area contributed by atoms with Gasteiger partial charge in [-0.15, -0.1) is 0 Å². The lowest BCUT2D eigenvalue weighted by atomic mass is 10.2. The van der Waals surface area contributed by atoms with Gasteiger partial charge in [0.05, 0.1) is 6.33 Å². The molecule has 4 heteroatoms. The van der Waals surface area contributed by atoms with E-state index in [1.807, 2.05) is 32.6 Å². The van der Waals surface area contributed by atoms with E-state index in [2.05, 4.69) is 11.2 Å². The molecular formula is C11H18N3O. The Kier molecular flexibility index (Phi) is 3.88. The van der Waals surface area contributed by atoms with Gasteiger partial charge < -0.3 is 9.47 Å². The van der Waals surface area contributed by atoms with Crippen molar-refractivity contribution in [2.45, 2.75) is 46.3 Å². The molecule has 0 spiro atoms. The monoisotopic (exact) mass is 208 g/mol. The highest BCUT2D eigenvalue weighted by Crippen LogP contribution is 2.06. The van der Waals surface area contributed by atoms with Crippen molar-refractivity contribution in [2.24, 2.45) is 0 Å². The maximum Gasteiger partial charge on any atom is 0.243 e. The minimum atomic E-state index is 0.117. The molecule has 1 radical (unpaired) electrons. The van der Waals surface area contributed by atoms with Gasteiger partial charge in [0.1, 0.15) is 12.7 Å². The van der Waals surface area contributed by atoms with E-state index in [1.54, 1.807) is 17.1 Å². The molecule has 0 unspecified atom stereocenters. The Morgan fingerprint density at radius 2 is 2.00 bits per heavy atom. The molecule has 0 bridgehead atoms. The molecule has 0 aliphatic carbocycles. The number of hydrogen-bond donors (Lipinski definition) is 0. The second-order valence-electron chi connectivity index (χ2n) is 4.16. The van der Waals surface area contributed by atoms with E-state index in [1.165, 1.54) is 0 Å². The number of carbonyl (C=O) groups is 1. The smallest absolute Gasteiger partial charge is 0.243 e. The van der Waals surface area contributed by atoms with Crippen LogP contribution in [0.1, 0.15) is 27.7 Å². The fourth-order valence-corrected chi connectivity index (χ4v) is 1.74. The van der Waals surface area contributed by atoms with Crippen molar-refractivity contribution in [2.75, 3.05) is 0 Å². The van der Waals surface area contributed by atoms with Gasteiger partial charge in [0, 0.05) is 18.3 Å². The molecule has 0 aliphatic heterocycles. The number of imidazole rings is 1. The Hall–Kier alpha value is -1.32. The van der Waals surface area contributed by atoms with Crippen molar-refractivity contribution in [3.8, 4) is 0 Å². The first-order valence-corrected chi connectivity index (χ1v) is 5.21. The third kappa shape index (κ3) is 3.08. The fourth-order valence-electron chi connectivity index (χ4n) is 1.74. The van der Waals surface area contributed by atoms with Gasteiger partial charge in [-0.25, -0.2) is 4.98 Å². The Balaban J connectivity index is 2.65. The minimum absolute atomic E-state index is 0.117. The first-order chi connectivity index (χ1) is 7.02. The maximum atomic E-state index is 12.0. The zero-order valence-electron chi connectivity index (χ0n) is 9.77. The van der Waals surface area contributed by atoms with Gasteiger partial charge in [0.15, 0.2) is 0 Å². The van der Waals surface area contributed by atoms with Crippen molar-refractivity contribution in [3.63, 3.8) is 0 Å². The lowest BCUT2D eigenvalue weighted by Gasteiger charge is -2.30. The molecule has 1 aromatic rings. The molecule has 1 amide bonds. The predicted molar refractivity (Wildman–Crippen MR) is 58.2 cm³/mol. The molecular weight excluding hydrogens is 190 g/mol. The Morgan fingerprint density at radius 1 is 1.40 bits per heavy atom. The molecule has 0 N–H and O–H groups in total. The maximum absolute atomic E-state index is 12.0. The highest BCUT2D eigenvalue weighted by molar-refractivity contribution is 5.76. The van der Waals surface area contributed by atoms with Crippen LogP contribution < -0.4 is 0 Å². The van der Waals surface area contributed by atoms with E-state index in [4.69, 9.17) is 0 Å². The molecule has 1 rings (SSSR count). The van der Waals surface area contributed by atoms with Crippen LogP contribution in [0, 0.1) is 6.20 Å². The molecule has 1 heterocycles. The van der Waals surface area contributed by atoms with E-state index in [0.717, 1.165) is 0 Å². The first-order valence-electron chi connectivity index (χ1n) is 5.21. The van der Waals surface area contributed by atoms with Gasteiger partial charge in [0.25, 0.3) is 0 Å². The van der Waals surface area contributed by atoms with E-state index in [9.17, 15) is 4.79 Å². The van der Waals surface area contributed by atoms with Crippen LogP contribution in [0.2, 0.25) is 0 Å². The third-order valence-corrected chi connectivity index (χ3v) is 2.22. The van der Waals surface area contributed by atoms with Crippen LogP contribution in [0.25, 0.3) is 0 Å². The Bertz CT molecular complexity index is 296. The largest absolute Gasteiger partial charge is 0.336 e. The Morgan fingerprint density at radius 3 is 2.40 bits per heavy atom. The summed E-state index contributed by atoms with van der Waals surface area (Å²) in [4.78, 5) is 17.6. The summed E-state index contributed by atoms with van der Waals surface area (Å²) in [7, 11) is 0. The van der Waals surface area contributed by atoms with Gasteiger partial charge >= 0.3 is 0 Å². The molecule has 0 saturated heterocycles. The van der Waals surface area contributed by atoms with Crippen molar-refractivity contribution in [1.29, 1.82) is 0 Å². The average Bonchev–Trinajstić information content (AvgIpc) is 2.54. The number of aromatic nitrogens is 2. The first kappa shape index (κ1) is 11.8. The van der Waals surface area contributed by atoms with E-state index in [0.29, 0.717) is 6.54 Å². The predicted octanol–water partition coefficient (Wildman–Crippen LogP) is 1.33. The molecule has 15 heavy (non-hydrogen) atoms. The summed E-state index contributed by atoms with van der Waals surface area (Å²) in [6, 6.07) is 0.454. The summed E-state index contributed by atoms with van der Waals surface area (Å²) in [5.74, 6) is 0.117. The number of nitrogens with zero attached hydrogens (tertiary/aromatic N) is 3. The van der Waals surface area contributed by atoms with Crippen LogP contribution in [-0.2, 0) is 11.3 Å². The van der Waals surface area contributed by atoms with Crippen molar-refractivity contribution in [3.05, 3.63) is 18.7 Å². The van der Waals surface area contributed by atoms with Crippen LogP contribution in [0.15, 0.2) is 12.5 Å². The van der Waals surface area contributed by atoms with Crippen LogP contribution in [-0.4, -0.2) is 32.4 Å². The lowest BCUT2D eigenvalue weighted by Crippen LogP contribution is -2.43. The zero-order chi connectivity index (χ0) is 11.4. The van der Waals surface area contributed by atoms with Crippen molar-refractivity contribution in [1.82, 2.24) is 14.5 Å². The molecule has 4 nitrogen and oxygen atoms in total. The number of carbonyl (C=O) groups excluding carboxylic acids is 1. The van der Waals surface area contributed by atoms with E-state index >= 15 is 0 Å². The van der Waals surface area contributed by atoms with E-state index < -0.39 is 0 Å². The van der Waals surface area contributed by atoms with Gasteiger partial charge in [-0.05, 0) is 27.7 Å². The topological polar surface area (TPSA) is 38.1 Å². The van der Waals surface area contributed by atoms with Crippen LogP contribution in [0.3, 0.4) is 0 Å². The van der Waals surface area contributed by atoms with Gasteiger partial charge in [-0.2, -0.15) is 0 Å². The summed E-state index contributed by atoms with van der Waals surface area (Å²) >= 11 is 0. The van der Waals surface area contributed by atoms with Crippen LogP contribution in [0.5, 0.6) is 0 Å². The minimum Gasteiger partial charge on any atom is -0.336 e. The van der Waals surface area contributed by atoms with E-state index in [-0.39, 0.29) is 18.0 Å². The molecule has 83 valence electrons. The quantitative estimate of drug-likeness (QED) is 0.748. The summed E-state index contributed by atoms with van der Waals surface area (Å²) in [6.07, 6.45) is 5.96. The van der Waals surface area contributed by atoms with Gasteiger partial charge in [-0.3, -0.25) is 4.79 Å². The van der Waals surface area contributed by atoms with Crippen molar-refractivity contribution < 1.29 is 4.79 Å². The third-order valence-electron chi connectivity index (χ3n) is 2.22. The number of hydrogen-bond acceptors (Lipinski definition) is 2. The summed E-state index contributed by atoms with van der Waals surface area (Å²) in [5.41, 5.74) is 0. The normalized spacial score (nSPS) is 11.1. The highest BCUT2D eigenvalue weighted by atomic mass is 16.2. The lowest BCUT2D eigenvalue weighted by molar-refractivity contribution is -0.135. The second-order valence-corrected chi connectivity index (χ2v) is 4.16. The molecule has 1 aromatic heterocycles. The highest BCUT2D eigenvalue weighted by Gasteiger charge is 2.19. The van der Waals surface area contributed by atoms with Gasteiger partial charge in [0.2, 0.25) is 5.91 Å². The second kappa shape index (κ2) is 4.96.